The first-order chi connectivity index (χ1) is 55.7. The molecule has 13 rings (SSSR count). The largest absolute Gasteiger partial charge is 1.00 e. The molecule has 0 radical (unpaired) electrons. The first-order valence-electron chi connectivity index (χ1n) is 46.0. The van der Waals surface area contributed by atoms with Crippen LogP contribution in [-0.4, -0.2) is 71.4 Å². The van der Waals surface area contributed by atoms with Gasteiger partial charge in [0.05, 0.1) is 0 Å². The van der Waals surface area contributed by atoms with Crippen molar-refractivity contribution in [2.24, 2.45) is 0 Å². The second kappa shape index (κ2) is 87.3. The number of rotatable bonds is 20. The van der Waals surface area contributed by atoms with Gasteiger partial charge in [0, 0.05) is 91.0 Å². The maximum absolute atomic E-state index is 12.5. The molecule has 0 aromatic rings. The molecule has 0 amide bonds. The zero-order chi connectivity index (χ0) is 83.0. The van der Waals surface area contributed by atoms with Crippen LogP contribution in [0.5, 0.6) is 0 Å². The van der Waals surface area contributed by atoms with E-state index < -0.39 is 21.6 Å². The predicted molar refractivity (Wildman–Crippen MR) is 564 cm³/mol. The molecule has 13 aliphatic rings. The molecule has 19 heteroatoms. The van der Waals surface area contributed by atoms with Gasteiger partial charge in [-0.15, -0.1) is 23.5 Å². The number of hydrogen-bond acceptors (Lipinski definition) is 13. The number of thioether (sulfide) groups is 11. The molecule has 14 atom stereocenters. The van der Waals surface area contributed by atoms with Crippen molar-refractivity contribution in [1.82, 2.24) is 0 Å². The van der Waals surface area contributed by atoms with Crippen LogP contribution in [0.15, 0.2) is 146 Å². The summed E-state index contributed by atoms with van der Waals surface area (Å²) >= 11 is 22.1. The molecule has 0 aromatic heterocycles. The van der Waals surface area contributed by atoms with E-state index in [2.05, 4.69) is 264 Å². The third-order valence-electron chi connectivity index (χ3n) is 21.5. The molecule has 120 heavy (non-hydrogen) atoms. The summed E-state index contributed by atoms with van der Waals surface area (Å²) < 4.78 is 25.0. The minimum atomic E-state index is -0.680. The SMILES string of the molecule is C1=CSC=CC1.CCC.CCC.CCC1=CCC=C(CC)S1.CCC1=CCC=C(CC2=CCC=C(CC)S2)S1.CCC1=CCC=CS1.CCC1=CCC=[C-]S1.CCC1CCCC(CC2CCCC(CC)S2)S1.CCC1CCCC(CC2CCCC(CC)S2)S1.CCC1CCCC(CC2CCCC(CC)S2=O)S1=O.[C-]1=CCC=CS1.[CH3-].[CH3-].[Li+].[Li+].[Li+].[Li+]. The smallest absolute Gasteiger partial charge is 0.432 e. The van der Waals surface area contributed by atoms with Gasteiger partial charge in [0.2, 0.25) is 0 Å². The van der Waals surface area contributed by atoms with E-state index in [1.165, 1.54) is 193 Å². The van der Waals surface area contributed by atoms with E-state index in [1.54, 1.807) is 54.9 Å². The molecule has 0 spiro atoms. The van der Waals surface area contributed by atoms with Gasteiger partial charge in [-0.2, -0.15) is 47.0 Å². The first-order valence-corrected chi connectivity index (χ1v) is 58.3. The average molecular weight is 1860 g/mol. The fourth-order valence-corrected chi connectivity index (χ4v) is 31.8. The molecule has 14 unspecified atom stereocenters. The maximum Gasteiger partial charge on any atom is 1.00 e. The van der Waals surface area contributed by atoms with Crippen molar-refractivity contribution in [3.8, 4) is 0 Å². The Bertz CT molecular complexity index is 2730. The van der Waals surface area contributed by atoms with E-state index in [1.807, 2.05) is 58.5 Å². The van der Waals surface area contributed by atoms with Crippen molar-refractivity contribution in [3.05, 3.63) is 172 Å². The van der Waals surface area contributed by atoms with Crippen LogP contribution in [0.25, 0.3) is 0 Å². The maximum atomic E-state index is 12.5. The normalized spacial score (nSPS) is 27.1. The molecule has 13 aliphatic heterocycles. The van der Waals surface area contributed by atoms with Crippen molar-refractivity contribution >= 4 is 151 Å². The molecule has 0 N–H and O–H groups in total. The summed E-state index contributed by atoms with van der Waals surface area (Å²) in [5, 5.41) is 23.8. The Hall–Kier alpha value is 2.90. The van der Waals surface area contributed by atoms with Crippen molar-refractivity contribution in [2.45, 2.75) is 450 Å². The van der Waals surface area contributed by atoms with Crippen LogP contribution < -0.4 is 75.4 Å². The van der Waals surface area contributed by atoms with Gasteiger partial charge in [-0.25, -0.2) is 0 Å². The van der Waals surface area contributed by atoms with Gasteiger partial charge in [-0.3, -0.25) is 20.6 Å². The van der Waals surface area contributed by atoms with Crippen molar-refractivity contribution in [1.29, 1.82) is 0 Å². The first kappa shape index (κ1) is 129. The fraction of sp³-hybridized carbons (Fsp3) is 0.703. The zero-order valence-corrected chi connectivity index (χ0v) is 91.5. The number of hydrogen-bond donors (Lipinski definition) is 0. The Balaban J connectivity index is -0.000000635. The molecule has 668 valence electrons. The molecule has 6 fully saturated rings. The minimum Gasteiger partial charge on any atom is -0.432 e. The van der Waals surface area contributed by atoms with Crippen LogP contribution in [0.1, 0.15) is 387 Å². The number of allylic oxidation sites excluding steroid dienone is 22. The van der Waals surface area contributed by atoms with E-state index in [0.717, 1.165) is 145 Å². The zero-order valence-electron chi connectivity index (χ0n) is 80.8. The molecule has 0 aliphatic carbocycles. The summed E-state index contributed by atoms with van der Waals surface area (Å²) in [7, 11) is -1.36. The van der Waals surface area contributed by atoms with Gasteiger partial charge in [-0.1, -0.05) is 281 Å². The van der Waals surface area contributed by atoms with Crippen LogP contribution in [-0.2, 0) is 21.6 Å². The summed E-state index contributed by atoms with van der Waals surface area (Å²) in [6, 6.07) is 0. The summed E-state index contributed by atoms with van der Waals surface area (Å²) in [5.41, 5.74) is 0. The Morgan fingerprint density at radius 1 is 0.308 bits per heavy atom. The van der Waals surface area contributed by atoms with E-state index in [-0.39, 0.29) is 90.3 Å². The predicted octanol–water partition coefficient (Wildman–Crippen LogP) is 25.8. The second-order valence-corrected chi connectivity index (χ2v) is 48.8. The molecule has 0 aromatic carbocycles. The minimum absolute atomic E-state index is 0. The Kier molecular flexibility index (Phi) is 93.9. The van der Waals surface area contributed by atoms with Gasteiger partial charge in [0.25, 0.3) is 0 Å². The monoisotopic (exact) mass is 1860 g/mol. The molecule has 13 heterocycles. The van der Waals surface area contributed by atoms with Crippen LogP contribution in [0.4, 0.5) is 0 Å². The molecular formula is C101H170Li4O2S13. The van der Waals surface area contributed by atoms with Gasteiger partial charge >= 0.3 is 75.4 Å². The van der Waals surface area contributed by atoms with Crippen LogP contribution >= 0.6 is 129 Å². The Morgan fingerprint density at radius 3 is 0.867 bits per heavy atom. The van der Waals surface area contributed by atoms with Crippen LogP contribution in [0, 0.1) is 25.7 Å². The van der Waals surface area contributed by atoms with E-state index in [0.29, 0.717) is 21.0 Å². The van der Waals surface area contributed by atoms with Crippen LogP contribution in [0.3, 0.4) is 0 Å². The molecular weight excluding hydrogens is 1690 g/mol. The summed E-state index contributed by atoms with van der Waals surface area (Å²) in [5.74, 6) is 0. The quantitative estimate of drug-likeness (QED) is 0.0858. The average Bonchev–Trinajstić information content (AvgIpc) is 0.821. The Morgan fingerprint density at radius 2 is 0.617 bits per heavy atom. The second-order valence-electron chi connectivity index (χ2n) is 31.0. The summed E-state index contributed by atoms with van der Waals surface area (Å²) in [6.45, 7) is 35.5. The van der Waals surface area contributed by atoms with Crippen LogP contribution in [0.2, 0.25) is 0 Å². The Labute approximate surface area is 846 Å². The summed E-state index contributed by atoms with van der Waals surface area (Å²) in [6.07, 6.45) is 86.1. The molecule has 0 bridgehead atoms. The fourth-order valence-electron chi connectivity index (χ4n) is 14.9. The molecule has 0 saturated carbocycles. The molecule has 2 nitrogen and oxygen atoms in total. The third-order valence-corrected chi connectivity index (χ3v) is 40.6. The van der Waals surface area contributed by atoms with E-state index >= 15 is 0 Å². The van der Waals surface area contributed by atoms with Gasteiger partial charge in [-0.05, 0) is 269 Å². The van der Waals surface area contributed by atoms with Gasteiger partial charge in [0.1, 0.15) is 0 Å². The van der Waals surface area contributed by atoms with Crippen molar-refractivity contribution < 1.29 is 83.9 Å². The molecule has 6 saturated heterocycles. The van der Waals surface area contributed by atoms with Gasteiger partial charge < -0.3 is 49.2 Å². The summed E-state index contributed by atoms with van der Waals surface area (Å²) in [4.78, 5) is 12.2. The topological polar surface area (TPSA) is 34.1 Å². The van der Waals surface area contributed by atoms with Crippen molar-refractivity contribution in [2.75, 3.05) is 0 Å². The van der Waals surface area contributed by atoms with Gasteiger partial charge in [0.15, 0.2) is 0 Å². The van der Waals surface area contributed by atoms with Crippen molar-refractivity contribution in [3.63, 3.8) is 0 Å². The van der Waals surface area contributed by atoms with E-state index in [9.17, 15) is 8.42 Å². The third kappa shape index (κ3) is 60.9. The van der Waals surface area contributed by atoms with E-state index in [4.69, 9.17) is 0 Å². The standard InChI is InChI=1S/C15H28O2S2.2C15H28S2.C15H20S2.C9H14S.C7H10S.C7H9S.C5H6S.C5H5S.2C3H8.2CH3.4Li/c1-3-12-7-5-9-14(18(12)16)11-15-10-6-8-13(4-2)19(15)17;3*1-3-12-7-5-9-14(16-12)11-15-10-6-8-13(4-2)17-15;1-3-8-6-5-7-9(4-2)10-8;2*1-2-7-5-3-4-6-8-7;2*1-2-4-6-5-3-1;2*1-3-2;;;;;;/h12-15H,3-11H2,1-2H3;2*12-15H,3-11H2,1-2H3;7-10H,3-6,11H2,1-2H3;6-7H,3-5H2,1-2H3;4-6H,2-3H2,1H3;4-5H,2-3H2,1H3;2-5H,1H2;2-4H,1H2;2*3H2,1-2H3;2*1H3;;;;/q;;;;;;-1;;-1;;;2*-1;4*+1.